The Bertz CT molecular complexity index is 1030. The monoisotopic (exact) mass is 355 g/mol. The van der Waals surface area contributed by atoms with Crippen molar-refractivity contribution in [3.05, 3.63) is 62.9 Å². The van der Waals surface area contributed by atoms with Gasteiger partial charge in [-0.05, 0) is 37.2 Å². The Morgan fingerprint density at radius 2 is 2.24 bits per heavy atom. The number of furan rings is 1. The molecule has 9 heteroatoms. The van der Waals surface area contributed by atoms with Crippen LogP contribution in [0.2, 0.25) is 0 Å². The van der Waals surface area contributed by atoms with E-state index < -0.39 is 4.92 Å². The molecule has 0 aliphatic heterocycles. The lowest BCUT2D eigenvalue weighted by molar-refractivity contribution is -0.384. The minimum Gasteiger partial charge on any atom is -0.455 e. The lowest BCUT2D eigenvalue weighted by Gasteiger charge is -1.97. The fourth-order valence-corrected chi connectivity index (χ4v) is 2.67. The molecule has 8 nitrogen and oxygen atoms in total. The Kier molecular flexibility index (Phi) is 3.77. The zero-order chi connectivity index (χ0) is 17.4. The van der Waals surface area contributed by atoms with Crippen LogP contribution in [-0.4, -0.2) is 26.0 Å². The summed E-state index contributed by atoms with van der Waals surface area (Å²) in [4.78, 5) is 10.4. The summed E-state index contributed by atoms with van der Waals surface area (Å²) >= 11 is 5.19. The molecule has 0 spiro atoms. The molecule has 1 N–H and O–H groups in total. The minimum absolute atomic E-state index is 0.0166. The van der Waals surface area contributed by atoms with E-state index in [0.29, 0.717) is 27.8 Å². The first-order chi connectivity index (χ1) is 12.1. The smallest absolute Gasteiger partial charge is 0.270 e. The summed E-state index contributed by atoms with van der Waals surface area (Å²) in [7, 11) is 0. The van der Waals surface area contributed by atoms with Gasteiger partial charge in [0.15, 0.2) is 5.82 Å². The van der Waals surface area contributed by atoms with Crippen LogP contribution in [-0.2, 0) is 0 Å². The number of nitro groups is 1. The number of H-pyrrole nitrogens is 1. The van der Waals surface area contributed by atoms with Crippen LogP contribution in [0.5, 0.6) is 0 Å². The first-order valence-corrected chi connectivity index (χ1v) is 8.09. The molecule has 0 atom stereocenters. The third kappa shape index (κ3) is 3.13. The van der Waals surface area contributed by atoms with Crippen LogP contribution in [0.3, 0.4) is 0 Å². The van der Waals surface area contributed by atoms with Crippen molar-refractivity contribution in [1.29, 1.82) is 0 Å². The van der Waals surface area contributed by atoms with Gasteiger partial charge in [-0.1, -0.05) is 12.1 Å². The minimum atomic E-state index is -0.436. The van der Waals surface area contributed by atoms with Gasteiger partial charge in [0.2, 0.25) is 4.77 Å². The van der Waals surface area contributed by atoms with Crippen molar-refractivity contribution in [2.24, 2.45) is 5.10 Å². The molecule has 1 aromatic carbocycles. The summed E-state index contributed by atoms with van der Waals surface area (Å²) in [6, 6.07) is 9.78. The van der Waals surface area contributed by atoms with E-state index in [1.807, 2.05) is 0 Å². The molecule has 0 radical (unpaired) electrons. The lowest BCUT2D eigenvalue weighted by atomic mass is 10.1. The molecule has 1 aliphatic carbocycles. The van der Waals surface area contributed by atoms with E-state index in [4.69, 9.17) is 16.6 Å². The molecule has 0 amide bonds. The zero-order valence-electron chi connectivity index (χ0n) is 13.0. The van der Waals surface area contributed by atoms with Crippen LogP contribution in [0.25, 0.3) is 11.3 Å². The number of benzene rings is 1. The summed E-state index contributed by atoms with van der Waals surface area (Å²) in [6.45, 7) is 0. The van der Waals surface area contributed by atoms with Gasteiger partial charge >= 0.3 is 0 Å². The molecule has 25 heavy (non-hydrogen) atoms. The topological polar surface area (TPSA) is 102 Å². The van der Waals surface area contributed by atoms with Gasteiger partial charge in [0.05, 0.1) is 11.1 Å². The van der Waals surface area contributed by atoms with Gasteiger partial charge < -0.3 is 4.42 Å². The van der Waals surface area contributed by atoms with Crippen LogP contribution < -0.4 is 0 Å². The standard InChI is InChI=1S/C16H13N5O3S/c22-21(23)12-3-1-2-11(8-12)14-7-6-13(24-14)9-17-20-15(10-4-5-10)18-19-16(20)25/h1-3,6-10H,4-5H2,(H,19,25)/b17-9-. The third-order valence-electron chi connectivity index (χ3n) is 3.89. The van der Waals surface area contributed by atoms with Gasteiger partial charge in [-0.3, -0.25) is 15.2 Å². The highest BCUT2D eigenvalue weighted by molar-refractivity contribution is 7.71. The molecular formula is C16H13N5O3S. The van der Waals surface area contributed by atoms with Crippen LogP contribution in [0.1, 0.15) is 30.3 Å². The number of non-ortho nitro benzene ring substituents is 1. The maximum absolute atomic E-state index is 10.9. The maximum atomic E-state index is 10.9. The fraction of sp³-hybridized carbons (Fsp3) is 0.188. The van der Waals surface area contributed by atoms with E-state index in [9.17, 15) is 10.1 Å². The number of aromatic nitrogens is 3. The first-order valence-electron chi connectivity index (χ1n) is 7.68. The van der Waals surface area contributed by atoms with E-state index >= 15 is 0 Å². The Balaban J connectivity index is 1.60. The molecule has 126 valence electrons. The van der Waals surface area contributed by atoms with Crippen LogP contribution in [0, 0.1) is 14.9 Å². The second-order valence-corrected chi connectivity index (χ2v) is 6.11. The third-order valence-corrected chi connectivity index (χ3v) is 4.15. The summed E-state index contributed by atoms with van der Waals surface area (Å²) in [6.07, 6.45) is 3.73. The highest BCUT2D eigenvalue weighted by Crippen LogP contribution is 2.38. The molecule has 0 unspecified atom stereocenters. The van der Waals surface area contributed by atoms with Gasteiger partial charge in [-0.2, -0.15) is 14.9 Å². The lowest BCUT2D eigenvalue weighted by Crippen LogP contribution is -1.96. The highest BCUT2D eigenvalue weighted by Gasteiger charge is 2.29. The fourth-order valence-electron chi connectivity index (χ4n) is 2.49. The van der Waals surface area contributed by atoms with Crippen LogP contribution in [0.15, 0.2) is 45.9 Å². The van der Waals surface area contributed by atoms with Crippen molar-refractivity contribution in [2.75, 3.05) is 0 Å². The Hall–Kier alpha value is -3.07. The van der Waals surface area contributed by atoms with Gasteiger partial charge in [-0.25, -0.2) is 0 Å². The Morgan fingerprint density at radius 3 is 3.00 bits per heavy atom. The number of hydrogen-bond acceptors (Lipinski definition) is 6. The van der Waals surface area contributed by atoms with Gasteiger partial charge in [0.1, 0.15) is 11.5 Å². The summed E-state index contributed by atoms with van der Waals surface area (Å²) in [5, 5.41) is 22.2. The summed E-state index contributed by atoms with van der Waals surface area (Å²) in [5.41, 5.74) is 0.648. The SMILES string of the molecule is O=[N+]([O-])c1cccc(-c2ccc(/C=N\n3c(C4CC4)n[nH]c3=S)o2)c1. The van der Waals surface area contributed by atoms with E-state index in [2.05, 4.69) is 15.3 Å². The molecule has 2 aromatic heterocycles. The number of nitrogens with one attached hydrogen (secondary N) is 1. The van der Waals surface area contributed by atoms with Crippen molar-refractivity contribution >= 4 is 24.1 Å². The Morgan fingerprint density at radius 1 is 1.40 bits per heavy atom. The molecular weight excluding hydrogens is 342 g/mol. The van der Waals surface area contributed by atoms with E-state index in [-0.39, 0.29) is 5.69 Å². The van der Waals surface area contributed by atoms with Gasteiger partial charge in [-0.15, -0.1) is 0 Å². The van der Waals surface area contributed by atoms with Crippen LogP contribution >= 0.6 is 12.2 Å². The van der Waals surface area contributed by atoms with E-state index in [1.165, 1.54) is 12.1 Å². The second-order valence-electron chi connectivity index (χ2n) is 5.73. The number of hydrogen-bond donors (Lipinski definition) is 1. The van der Waals surface area contributed by atoms with Crippen molar-refractivity contribution in [3.63, 3.8) is 0 Å². The molecule has 1 aliphatic rings. The molecule has 1 fully saturated rings. The summed E-state index contributed by atoms with van der Waals surface area (Å²) < 4.78 is 7.74. The molecule has 3 aromatic rings. The highest BCUT2D eigenvalue weighted by atomic mass is 32.1. The van der Waals surface area contributed by atoms with Crippen molar-refractivity contribution in [1.82, 2.24) is 14.9 Å². The quantitative estimate of drug-likeness (QED) is 0.324. The number of aromatic amines is 1. The van der Waals surface area contributed by atoms with Gasteiger partial charge in [0, 0.05) is 23.6 Å². The van der Waals surface area contributed by atoms with E-state index in [0.717, 1.165) is 18.7 Å². The molecule has 4 rings (SSSR count). The van der Waals surface area contributed by atoms with Crippen molar-refractivity contribution < 1.29 is 9.34 Å². The van der Waals surface area contributed by atoms with Crippen molar-refractivity contribution in [2.45, 2.75) is 18.8 Å². The maximum Gasteiger partial charge on any atom is 0.270 e. The average Bonchev–Trinajstić information content (AvgIpc) is 3.23. The Labute approximate surface area is 146 Å². The van der Waals surface area contributed by atoms with E-state index in [1.54, 1.807) is 35.2 Å². The van der Waals surface area contributed by atoms with Crippen molar-refractivity contribution in [3.8, 4) is 11.3 Å². The van der Waals surface area contributed by atoms with Crippen LogP contribution in [0.4, 0.5) is 5.69 Å². The number of nitrogens with zero attached hydrogens (tertiary/aromatic N) is 4. The molecule has 0 saturated heterocycles. The predicted octanol–water partition coefficient (Wildman–Crippen LogP) is 3.87. The largest absolute Gasteiger partial charge is 0.455 e. The number of rotatable bonds is 5. The average molecular weight is 355 g/mol. The normalized spacial score (nSPS) is 14.2. The first kappa shape index (κ1) is 15.5. The zero-order valence-corrected chi connectivity index (χ0v) is 13.8. The molecule has 1 saturated carbocycles. The summed E-state index contributed by atoms with van der Waals surface area (Å²) in [5.74, 6) is 2.28. The molecule has 0 bridgehead atoms. The molecule has 2 heterocycles. The predicted molar refractivity (Wildman–Crippen MR) is 93.2 cm³/mol. The number of nitro benzene ring substituents is 1. The second kappa shape index (κ2) is 6.10. The van der Waals surface area contributed by atoms with Gasteiger partial charge in [0.25, 0.3) is 5.69 Å².